The van der Waals surface area contributed by atoms with E-state index in [2.05, 4.69) is 4.99 Å². The van der Waals surface area contributed by atoms with Crippen LogP contribution in [0.25, 0.3) is 0 Å². The average molecular weight is 250 g/mol. The molecule has 0 bridgehead atoms. The molecule has 0 aliphatic heterocycles. The second kappa shape index (κ2) is 4.88. The van der Waals surface area contributed by atoms with Crippen LogP contribution >= 0.6 is 11.3 Å². The zero-order valence-electron chi connectivity index (χ0n) is 8.76. The van der Waals surface area contributed by atoms with Crippen molar-refractivity contribution >= 4 is 29.1 Å². The predicted molar refractivity (Wildman–Crippen MR) is 68.6 cm³/mol. The smallest absolute Gasteiger partial charge is 0.162 e. The molecule has 1 aromatic heterocycles. The molecule has 0 amide bonds. The summed E-state index contributed by atoms with van der Waals surface area (Å²) < 4.78 is 12.7. The van der Waals surface area contributed by atoms with E-state index in [9.17, 15) is 9.18 Å². The highest BCUT2D eigenvalue weighted by Gasteiger charge is 2.04. The number of nitrogens with two attached hydrogens (primary N) is 1. The molecule has 0 saturated carbocycles. The lowest BCUT2D eigenvalue weighted by molar-refractivity contribution is 0.112. The second-order valence-electron chi connectivity index (χ2n) is 3.29. The third-order valence-corrected chi connectivity index (χ3v) is 2.99. The summed E-state index contributed by atoms with van der Waals surface area (Å²) in [4.78, 5) is 15.4. The fraction of sp³-hybridized carbons (Fsp3) is 0. The predicted octanol–water partition coefficient (Wildman–Crippen LogP) is 2.98. The van der Waals surface area contributed by atoms with Gasteiger partial charge in [0.2, 0.25) is 0 Å². The Balaban J connectivity index is 0.00000162. The van der Waals surface area contributed by atoms with Crippen molar-refractivity contribution in [3.05, 3.63) is 52.0 Å². The molecule has 0 unspecified atom stereocenters. The molecule has 0 atom stereocenters. The van der Waals surface area contributed by atoms with Crippen LogP contribution in [0.2, 0.25) is 0 Å². The molecule has 2 N–H and O–H groups in total. The molecule has 0 saturated heterocycles. The van der Waals surface area contributed by atoms with E-state index in [0.29, 0.717) is 16.1 Å². The minimum atomic E-state index is -0.328. The van der Waals surface area contributed by atoms with Crippen molar-refractivity contribution in [2.24, 2.45) is 10.7 Å². The van der Waals surface area contributed by atoms with E-state index in [4.69, 9.17) is 5.73 Å². The first-order chi connectivity index (χ1) is 8.20. The number of nitrogens with zero attached hydrogens (tertiary/aromatic N) is 1. The van der Waals surface area contributed by atoms with Gasteiger partial charge >= 0.3 is 0 Å². The van der Waals surface area contributed by atoms with Crippen molar-refractivity contribution in [2.45, 2.75) is 0 Å². The number of thiophene rings is 1. The lowest BCUT2D eigenvalue weighted by Crippen LogP contribution is -2.12. The summed E-state index contributed by atoms with van der Waals surface area (Å²) in [5, 5.41) is 1.76. The van der Waals surface area contributed by atoms with Crippen LogP contribution in [0.4, 0.5) is 10.1 Å². The van der Waals surface area contributed by atoms with Gasteiger partial charge in [0.15, 0.2) is 6.29 Å². The van der Waals surface area contributed by atoms with E-state index in [0.717, 1.165) is 6.29 Å². The standard InChI is InChI=1S/C12H9FN2OS.H2/c13-9-3-1-8(2-4-9)12(14)15-10-5-6-17-11(10)7-16;/h1-7H,(H2,14,15);1H. The number of rotatable bonds is 3. The van der Waals surface area contributed by atoms with Gasteiger partial charge < -0.3 is 5.73 Å². The van der Waals surface area contributed by atoms with Gasteiger partial charge in [-0.05, 0) is 35.7 Å². The first kappa shape index (κ1) is 11.5. The molecule has 2 aromatic rings. The van der Waals surface area contributed by atoms with Gasteiger partial charge in [0.25, 0.3) is 0 Å². The molecule has 3 nitrogen and oxygen atoms in total. The van der Waals surface area contributed by atoms with Gasteiger partial charge in [0, 0.05) is 6.99 Å². The summed E-state index contributed by atoms with van der Waals surface area (Å²) in [7, 11) is 0. The largest absolute Gasteiger partial charge is 0.383 e. The normalized spacial score (nSPS) is 11.5. The van der Waals surface area contributed by atoms with E-state index in [1.54, 1.807) is 23.6 Å². The maximum absolute atomic E-state index is 12.7. The van der Waals surface area contributed by atoms with Gasteiger partial charge in [-0.25, -0.2) is 9.38 Å². The van der Waals surface area contributed by atoms with Crippen molar-refractivity contribution in [3.63, 3.8) is 0 Å². The number of hydrogen-bond donors (Lipinski definition) is 1. The van der Waals surface area contributed by atoms with E-state index in [1.807, 2.05) is 0 Å². The summed E-state index contributed by atoms with van der Waals surface area (Å²) in [6.45, 7) is 0. The Morgan fingerprint density at radius 3 is 2.71 bits per heavy atom. The average Bonchev–Trinajstić information content (AvgIpc) is 2.77. The lowest BCUT2D eigenvalue weighted by atomic mass is 10.2. The van der Waals surface area contributed by atoms with Gasteiger partial charge in [-0.2, -0.15) is 0 Å². The molecular formula is C12H11FN2OS. The van der Waals surface area contributed by atoms with Gasteiger partial charge in [-0.15, -0.1) is 11.3 Å². The highest BCUT2D eigenvalue weighted by Crippen LogP contribution is 2.23. The number of hydrogen-bond acceptors (Lipinski definition) is 3. The number of aldehydes is 1. The minimum Gasteiger partial charge on any atom is -0.383 e. The van der Waals surface area contributed by atoms with Crippen LogP contribution in [-0.4, -0.2) is 12.1 Å². The van der Waals surface area contributed by atoms with Crippen molar-refractivity contribution in [3.8, 4) is 0 Å². The number of halogens is 1. The molecule has 0 spiro atoms. The van der Waals surface area contributed by atoms with Crippen molar-refractivity contribution in [1.82, 2.24) is 0 Å². The summed E-state index contributed by atoms with van der Waals surface area (Å²) in [5.41, 5.74) is 6.93. The van der Waals surface area contributed by atoms with Gasteiger partial charge in [0.05, 0.1) is 10.6 Å². The molecule has 17 heavy (non-hydrogen) atoms. The van der Waals surface area contributed by atoms with Crippen molar-refractivity contribution in [1.29, 1.82) is 0 Å². The molecule has 88 valence electrons. The van der Waals surface area contributed by atoms with Crippen LogP contribution in [0, 0.1) is 5.82 Å². The van der Waals surface area contributed by atoms with Crippen LogP contribution in [-0.2, 0) is 0 Å². The Hall–Kier alpha value is -2.01. The summed E-state index contributed by atoms with van der Waals surface area (Å²) in [6, 6.07) is 7.42. The monoisotopic (exact) mass is 250 g/mol. The van der Waals surface area contributed by atoms with E-state index < -0.39 is 0 Å². The van der Waals surface area contributed by atoms with Gasteiger partial charge in [0.1, 0.15) is 11.7 Å². The van der Waals surface area contributed by atoms with Crippen molar-refractivity contribution in [2.75, 3.05) is 0 Å². The Labute approximate surface area is 103 Å². The Kier molecular flexibility index (Phi) is 3.30. The maximum Gasteiger partial charge on any atom is 0.162 e. The van der Waals surface area contributed by atoms with Crippen LogP contribution < -0.4 is 5.73 Å². The van der Waals surface area contributed by atoms with Crippen LogP contribution in [0.1, 0.15) is 16.7 Å². The highest BCUT2D eigenvalue weighted by atomic mass is 32.1. The minimum absolute atomic E-state index is 0. The number of benzene rings is 1. The fourth-order valence-electron chi connectivity index (χ4n) is 1.31. The number of carbonyl (C=O) groups is 1. The Morgan fingerprint density at radius 2 is 2.06 bits per heavy atom. The number of aliphatic imine (C=N–C) groups is 1. The van der Waals surface area contributed by atoms with Crippen molar-refractivity contribution < 1.29 is 10.6 Å². The van der Waals surface area contributed by atoms with E-state index in [1.165, 1.54) is 23.5 Å². The third kappa shape index (κ3) is 2.57. The molecular weight excluding hydrogens is 239 g/mol. The number of carbonyl (C=O) groups excluding carboxylic acids is 1. The zero-order chi connectivity index (χ0) is 12.3. The maximum atomic E-state index is 12.7. The second-order valence-corrected chi connectivity index (χ2v) is 4.24. The molecule has 0 aliphatic rings. The molecule has 0 aliphatic carbocycles. The summed E-state index contributed by atoms with van der Waals surface area (Å²) >= 11 is 1.30. The quantitative estimate of drug-likeness (QED) is 0.517. The van der Waals surface area contributed by atoms with Crippen LogP contribution in [0.3, 0.4) is 0 Å². The zero-order valence-corrected chi connectivity index (χ0v) is 9.58. The molecule has 0 fully saturated rings. The van der Waals surface area contributed by atoms with Gasteiger partial charge in [-0.1, -0.05) is 0 Å². The Bertz CT molecular complexity index is 566. The molecule has 5 heteroatoms. The topological polar surface area (TPSA) is 55.4 Å². The third-order valence-electron chi connectivity index (χ3n) is 2.16. The first-order valence-corrected chi connectivity index (χ1v) is 5.71. The van der Waals surface area contributed by atoms with E-state index in [-0.39, 0.29) is 13.1 Å². The molecule has 1 aromatic carbocycles. The lowest BCUT2D eigenvalue weighted by Gasteiger charge is -2.00. The highest BCUT2D eigenvalue weighted by molar-refractivity contribution is 7.12. The van der Waals surface area contributed by atoms with Crippen LogP contribution in [0.5, 0.6) is 0 Å². The van der Waals surface area contributed by atoms with E-state index >= 15 is 0 Å². The first-order valence-electron chi connectivity index (χ1n) is 4.83. The number of amidine groups is 1. The molecule has 2 rings (SSSR count). The summed E-state index contributed by atoms with van der Waals surface area (Å²) in [5.74, 6) is -0.0721. The fourth-order valence-corrected chi connectivity index (χ4v) is 1.94. The van der Waals surface area contributed by atoms with Crippen LogP contribution in [0.15, 0.2) is 40.7 Å². The SMILES string of the molecule is NC(=Nc1ccsc1C=O)c1ccc(F)cc1.[HH]. The van der Waals surface area contributed by atoms with Gasteiger partial charge in [-0.3, -0.25) is 4.79 Å². The Morgan fingerprint density at radius 1 is 1.35 bits per heavy atom. The molecule has 0 radical (unpaired) electrons. The molecule has 1 heterocycles. The summed E-state index contributed by atoms with van der Waals surface area (Å²) in [6.07, 6.45) is 0.738.